The molecule has 0 saturated carbocycles. The van der Waals surface area contributed by atoms with Crippen molar-refractivity contribution in [3.63, 3.8) is 0 Å². The lowest BCUT2D eigenvalue weighted by Crippen LogP contribution is -2.06. The van der Waals surface area contributed by atoms with E-state index in [0.29, 0.717) is 27.6 Å². The van der Waals surface area contributed by atoms with Crippen molar-refractivity contribution in [3.8, 4) is 0 Å². The lowest BCUT2D eigenvalue weighted by Gasteiger charge is -2.11. The molecule has 0 unspecified atom stereocenters. The zero-order valence-electron chi connectivity index (χ0n) is 18.1. The number of halogens is 4. The highest BCUT2D eigenvalue weighted by molar-refractivity contribution is 7.98. The third-order valence-corrected chi connectivity index (χ3v) is 6.15. The Morgan fingerprint density at radius 3 is 2.47 bits per heavy atom. The Balaban J connectivity index is 1.69. The maximum atomic E-state index is 13.6. The van der Waals surface area contributed by atoms with Crippen molar-refractivity contribution < 1.29 is 27.1 Å². The molecule has 176 valence electrons. The number of hydrogen-bond donors (Lipinski definition) is 0. The van der Waals surface area contributed by atoms with Crippen LogP contribution in [0.3, 0.4) is 0 Å². The van der Waals surface area contributed by atoms with Gasteiger partial charge in [0.15, 0.2) is 5.16 Å². The van der Waals surface area contributed by atoms with Gasteiger partial charge in [0.05, 0.1) is 35.3 Å². The first-order valence-electron chi connectivity index (χ1n) is 10.5. The molecule has 0 fully saturated rings. The number of esters is 1. The van der Waals surface area contributed by atoms with Crippen molar-refractivity contribution in [2.45, 2.75) is 30.6 Å². The molecule has 0 aliphatic rings. The topological polar surface area (TPSA) is 44.1 Å². The van der Waals surface area contributed by atoms with Gasteiger partial charge in [-0.2, -0.15) is 13.2 Å². The average molecular weight is 489 g/mol. The molecule has 1 heterocycles. The number of fused-ring (bicyclic) bond motifs is 1. The van der Waals surface area contributed by atoms with Crippen LogP contribution in [0.4, 0.5) is 17.6 Å². The minimum atomic E-state index is -4.41. The molecule has 0 atom stereocenters. The van der Waals surface area contributed by atoms with E-state index in [9.17, 15) is 22.4 Å². The van der Waals surface area contributed by atoms with E-state index < -0.39 is 17.7 Å². The highest BCUT2D eigenvalue weighted by atomic mass is 32.2. The van der Waals surface area contributed by atoms with Gasteiger partial charge in [-0.25, -0.2) is 14.2 Å². The van der Waals surface area contributed by atoms with Crippen molar-refractivity contribution in [1.29, 1.82) is 0 Å². The first-order valence-corrected chi connectivity index (χ1v) is 11.4. The Hall–Kier alpha value is -3.33. The maximum absolute atomic E-state index is 13.6. The molecule has 4 nitrogen and oxygen atoms in total. The minimum absolute atomic E-state index is 0.244. The number of carbonyl (C=O) groups excluding carboxylic acids is 1. The van der Waals surface area contributed by atoms with Crippen LogP contribution in [0.25, 0.3) is 11.0 Å². The van der Waals surface area contributed by atoms with Gasteiger partial charge in [0, 0.05) is 5.75 Å². The lowest BCUT2D eigenvalue weighted by atomic mass is 10.1. The van der Waals surface area contributed by atoms with Crippen LogP contribution in [0.2, 0.25) is 0 Å². The monoisotopic (exact) mass is 488 g/mol. The van der Waals surface area contributed by atoms with E-state index >= 15 is 0 Å². The highest BCUT2D eigenvalue weighted by Gasteiger charge is 2.30. The Labute approximate surface area is 197 Å². The van der Waals surface area contributed by atoms with E-state index in [1.54, 1.807) is 37.3 Å². The quantitative estimate of drug-likeness (QED) is 0.165. The van der Waals surface area contributed by atoms with Crippen molar-refractivity contribution in [3.05, 3.63) is 94.8 Å². The van der Waals surface area contributed by atoms with Gasteiger partial charge in [-0.3, -0.25) is 0 Å². The molecule has 0 spiro atoms. The molecule has 9 heteroatoms. The summed E-state index contributed by atoms with van der Waals surface area (Å²) in [6.45, 7) is 2.24. The maximum Gasteiger partial charge on any atom is 0.416 e. The van der Waals surface area contributed by atoms with E-state index in [4.69, 9.17) is 4.74 Å². The Morgan fingerprint density at radius 2 is 1.79 bits per heavy atom. The second kappa shape index (κ2) is 9.89. The summed E-state index contributed by atoms with van der Waals surface area (Å²) in [5.41, 5.74) is 2.34. The lowest BCUT2D eigenvalue weighted by molar-refractivity contribution is -0.137. The normalized spacial score (nSPS) is 11.7. The molecule has 3 aromatic carbocycles. The number of nitrogens with zero attached hydrogens (tertiary/aromatic N) is 2. The van der Waals surface area contributed by atoms with Gasteiger partial charge in [0.1, 0.15) is 5.82 Å². The zero-order valence-corrected chi connectivity index (χ0v) is 18.9. The summed E-state index contributed by atoms with van der Waals surface area (Å²) in [7, 11) is 0. The number of carbonyl (C=O) groups is 1. The summed E-state index contributed by atoms with van der Waals surface area (Å²) in [6.07, 6.45) is -4.41. The predicted octanol–water partition coefficient (Wildman–Crippen LogP) is 6.71. The first kappa shape index (κ1) is 23.8. The summed E-state index contributed by atoms with van der Waals surface area (Å²) < 4.78 is 59.3. The van der Waals surface area contributed by atoms with E-state index in [1.807, 2.05) is 4.57 Å². The number of aromatic nitrogens is 2. The standard InChI is InChI=1S/C25H20F4N2O2S/c1-2-33-23(32)18-8-11-22-21(13-18)30-24(34-15-17-4-3-5-20(26)12-17)31(22)14-16-6-9-19(10-7-16)25(27,28)29/h3-13H,2,14-15H2,1H3. The molecular formula is C25H20F4N2O2S. The summed E-state index contributed by atoms with van der Waals surface area (Å²) in [5.74, 6) is -0.357. The van der Waals surface area contributed by atoms with Crippen LogP contribution in [-0.2, 0) is 23.2 Å². The van der Waals surface area contributed by atoms with Gasteiger partial charge in [-0.1, -0.05) is 36.0 Å². The van der Waals surface area contributed by atoms with Gasteiger partial charge in [-0.15, -0.1) is 0 Å². The first-order chi connectivity index (χ1) is 16.2. The molecule has 0 bridgehead atoms. The number of rotatable bonds is 7. The Morgan fingerprint density at radius 1 is 1.03 bits per heavy atom. The number of ether oxygens (including phenoxy) is 1. The number of imidazole rings is 1. The van der Waals surface area contributed by atoms with Gasteiger partial charge in [0.25, 0.3) is 0 Å². The van der Waals surface area contributed by atoms with Gasteiger partial charge in [0.2, 0.25) is 0 Å². The molecular weight excluding hydrogens is 468 g/mol. The number of thioether (sulfide) groups is 1. The summed E-state index contributed by atoms with van der Waals surface area (Å²) in [5, 5.41) is 0.597. The van der Waals surface area contributed by atoms with Gasteiger partial charge < -0.3 is 9.30 Å². The van der Waals surface area contributed by atoms with E-state index in [-0.39, 0.29) is 19.0 Å². The molecule has 0 radical (unpaired) electrons. The van der Waals surface area contributed by atoms with Crippen LogP contribution in [0, 0.1) is 5.82 Å². The fraction of sp³-hybridized carbons (Fsp3) is 0.200. The number of alkyl halides is 3. The van der Waals surface area contributed by atoms with Crippen molar-refractivity contribution in [2.24, 2.45) is 0 Å². The van der Waals surface area contributed by atoms with E-state index in [2.05, 4.69) is 4.98 Å². The summed E-state index contributed by atoms with van der Waals surface area (Å²) >= 11 is 1.37. The number of hydrogen-bond acceptors (Lipinski definition) is 4. The van der Waals surface area contributed by atoms with Crippen LogP contribution in [-0.4, -0.2) is 22.1 Å². The summed E-state index contributed by atoms with van der Waals surface area (Å²) in [4.78, 5) is 16.8. The second-order valence-corrected chi connectivity index (χ2v) is 8.46. The molecule has 4 aromatic rings. The fourth-order valence-corrected chi connectivity index (χ4v) is 4.43. The molecule has 0 N–H and O–H groups in total. The van der Waals surface area contributed by atoms with Crippen LogP contribution < -0.4 is 0 Å². The summed E-state index contributed by atoms with van der Waals surface area (Å²) in [6, 6.07) is 16.2. The van der Waals surface area contributed by atoms with Crippen molar-refractivity contribution in [1.82, 2.24) is 9.55 Å². The minimum Gasteiger partial charge on any atom is -0.462 e. The fourth-order valence-electron chi connectivity index (χ4n) is 3.47. The molecule has 0 aliphatic carbocycles. The highest BCUT2D eigenvalue weighted by Crippen LogP contribution is 2.31. The SMILES string of the molecule is CCOC(=O)c1ccc2c(c1)nc(SCc1cccc(F)c1)n2Cc1ccc(C(F)(F)F)cc1. The van der Waals surface area contributed by atoms with Crippen LogP contribution >= 0.6 is 11.8 Å². The van der Waals surface area contributed by atoms with Crippen LogP contribution in [0.1, 0.15) is 34.0 Å². The average Bonchev–Trinajstić information content (AvgIpc) is 3.14. The van der Waals surface area contributed by atoms with Gasteiger partial charge >= 0.3 is 12.1 Å². The number of benzene rings is 3. The largest absolute Gasteiger partial charge is 0.462 e. The van der Waals surface area contributed by atoms with Gasteiger partial charge in [-0.05, 0) is 60.5 Å². The third kappa shape index (κ3) is 5.41. The molecule has 1 aromatic heterocycles. The molecule has 0 amide bonds. The van der Waals surface area contributed by atoms with Crippen LogP contribution in [0.15, 0.2) is 71.9 Å². The Bertz CT molecular complexity index is 1320. The van der Waals surface area contributed by atoms with E-state index in [1.165, 1.54) is 36.0 Å². The molecule has 4 rings (SSSR count). The molecule has 0 aliphatic heterocycles. The molecule has 0 saturated heterocycles. The smallest absolute Gasteiger partial charge is 0.416 e. The van der Waals surface area contributed by atoms with Crippen LogP contribution in [0.5, 0.6) is 0 Å². The molecule has 34 heavy (non-hydrogen) atoms. The van der Waals surface area contributed by atoms with Crippen molar-refractivity contribution in [2.75, 3.05) is 6.61 Å². The Kier molecular flexibility index (Phi) is 6.92. The van der Waals surface area contributed by atoms with E-state index in [0.717, 1.165) is 23.2 Å². The second-order valence-electron chi connectivity index (χ2n) is 7.52. The zero-order chi connectivity index (χ0) is 24.3. The predicted molar refractivity (Wildman–Crippen MR) is 122 cm³/mol. The van der Waals surface area contributed by atoms with Crippen molar-refractivity contribution >= 4 is 28.8 Å². The third-order valence-electron chi connectivity index (χ3n) is 5.10.